The van der Waals surface area contributed by atoms with Gasteiger partial charge in [0, 0.05) is 5.56 Å². The largest absolute Gasteiger partial charge is 0.457 e. The average molecular weight is 278 g/mol. The van der Waals surface area contributed by atoms with Crippen LogP contribution in [0.3, 0.4) is 0 Å². The van der Waals surface area contributed by atoms with E-state index in [4.69, 9.17) is 14.2 Å². The number of esters is 1. The number of fused-ring (bicyclic) bond motifs is 1. The third kappa shape index (κ3) is 2.12. The summed E-state index contributed by atoms with van der Waals surface area (Å²) >= 11 is 0. The summed E-state index contributed by atoms with van der Waals surface area (Å²) in [4.78, 5) is 11.8. The van der Waals surface area contributed by atoms with Crippen LogP contribution in [0.5, 0.6) is 0 Å². The zero-order chi connectivity index (χ0) is 14.3. The van der Waals surface area contributed by atoms with Gasteiger partial charge in [0.05, 0.1) is 18.1 Å². The van der Waals surface area contributed by atoms with Gasteiger partial charge in [-0.25, -0.2) is 0 Å². The topological polar surface area (TPSA) is 65.0 Å². The van der Waals surface area contributed by atoms with Gasteiger partial charge >= 0.3 is 5.97 Å². The Morgan fingerprint density at radius 3 is 2.65 bits per heavy atom. The first kappa shape index (κ1) is 13.5. The lowest BCUT2D eigenvalue weighted by Crippen LogP contribution is -2.61. The Morgan fingerprint density at radius 2 is 1.95 bits per heavy atom. The second-order valence-corrected chi connectivity index (χ2v) is 5.79. The molecule has 0 bridgehead atoms. The monoisotopic (exact) mass is 278 g/mol. The van der Waals surface area contributed by atoms with Crippen LogP contribution in [0.1, 0.15) is 25.7 Å². The summed E-state index contributed by atoms with van der Waals surface area (Å²) in [7, 11) is 0. The van der Waals surface area contributed by atoms with Crippen LogP contribution < -0.4 is 0 Å². The summed E-state index contributed by atoms with van der Waals surface area (Å²) in [6, 6.07) is 9.51. The van der Waals surface area contributed by atoms with Crippen LogP contribution >= 0.6 is 0 Å². The number of aliphatic hydroxyl groups is 1. The number of benzene rings is 1. The van der Waals surface area contributed by atoms with Crippen molar-refractivity contribution in [2.24, 2.45) is 5.41 Å². The summed E-state index contributed by atoms with van der Waals surface area (Å²) < 4.78 is 16.7. The summed E-state index contributed by atoms with van der Waals surface area (Å²) in [5.74, 6) is -0.420. The van der Waals surface area contributed by atoms with E-state index in [1.807, 2.05) is 30.3 Å². The van der Waals surface area contributed by atoms with Crippen molar-refractivity contribution in [2.75, 3.05) is 6.61 Å². The number of hydrogen-bond donors (Lipinski definition) is 1. The third-order valence-electron chi connectivity index (χ3n) is 3.97. The molecule has 0 saturated carbocycles. The van der Waals surface area contributed by atoms with Crippen LogP contribution in [0.4, 0.5) is 0 Å². The van der Waals surface area contributed by atoms with Crippen molar-refractivity contribution < 1.29 is 24.1 Å². The fourth-order valence-electron chi connectivity index (χ4n) is 2.53. The molecule has 1 aromatic carbocycles. The Morgan fingerprint density at radius 1 is 1.25 bits per heavy atom. The highest BCUT2D eigenvalue weighted by atomic mass is 16.7. The Labute approximate surface area is 117 Å². The van der Waals surface area contributed by atoms with Crippen molar-refractivity contribution in [3.8, 4) is 0 Å². The molecular weight excluding hydrogens is 260 g/mol. The lowest BCUT2D eigenvalue weighted by Gasteiger charge is -2.46. The molecule has 5 heteroatoms. The Bertz CT molecular complexity index is 498. The van der Waals surface area contributed by atoms with Gasteiger partial charge in [-0.3, -0.25) is 4.79 Å². The molecule has 0 amide bonds. The molecule has 2 fully saturated rings. The molecule has 3 rings (SSSR count). The lowest BCUT2D eigenvalue weighted by atomic mass is 9.79. The fourth-order valence-corrected chi connectivity index (χ4v) is 2.53. The van der Waals surface area contributed by atoms with Gasteiger partial charge in [0.2, 0.25) is 0 Å². The van der Waals surface area contributed by atoms with Crippen LogP contribution in [0.15, 0.2) is 30.3 Å². The summed E-state index contributed by atoms with van der Waals surface area (Å²) in [6.07, 6.45) is -2.57. The Balaban J connectivity index is 1.81. The summed E-state index contributed by atoms with van der Waals surface area (Å²) in [6.45, 7) is 3.54. The number of carbonyl (C=O) groups excluding carboxylic acids is 1. The molecular formula is C15H18O5. The molecule has 0 aliphatic carbocycles. The molecule has 0 spiro atoms. The minimum absolute atomic E-state index is 0.225. The minimum atomic E-state index is -0.972. The quantitative estimate of drug-likeness (QED) is 0.787. The molecule has 1 aromatic rings. The molecule has 4 atom stereocenters. The SMILES string of the molecule is CC1(C)C(=O)O[C@@H]2CO[C@H](c3ccccc3)O[C@@H]2[C@H]1O. The number of aliphatic hydroxyl groups excluding tert-OH is 1. The van der Waals surface area contributed by atoms with Crippen molar-refractivity contribution >= 4 is 5.97 Å². The van der Waals surface area contributed by atoms with E-state index in [-0.39, 0.29) is 6.61 Å². The van der Waals surface area contributed by atoms with E-state index in [2.05, 4.69) is 0 Å². The Hall–Kier alpha value is -1.43. The summed E-state index contributed by atoms with van der Waals surface area (Å²) in [5.41, 5.74) is -0.0902. The predicted molar refractivity (Wildman–Crippen MR) is 69.7 cm³/mol. The van der Waals surface area contributed by atoms with E-state index in [1.165, 1.54) is 0 Å². The highest BCUT2D eigenvalue weighted by Gasteiger charge is 2.53. The van der Waals surface area contributed by atoms with E-state index >= 15 is 0 Å². The number of rotatable bonds is 1. The maximum atomic E-state index is 11.8. The van der Waals surface area contributed by atoms with Crippen LogP contribution in [0.2, 0.25) is 0 Å². The molecule has 1 N–H and O–H groups in total. The van der Waals surface area contributed by atoms with E-state index in [0.717, 1.165) is 5.56 Å². The van der Waals surface area contributed by atoms with Crippen molar-refractivity contribution in [3.05, 3.63) is 35.9 Å². The summed E-state index contributed by atoms with van der Waals surface area (Å²) in [5, 5.41) is 10.4. The van der Waals surface area contributed by atoms with Crippen molar-refractivity contribution in [2.45, 2.75) is 38.4 Å². The first-order valence-corrected chi connectivity index (χ1v) is 6.71. The zero-order valence-corrected chi connectivity index (χ0v) is 11.5. The van der Waals surface area contributed by atoms with Gasteiger partial charge < -0.3 is 19.3 Å². The van der Waals surface area contributed by atoms with Crippen molar-refractivity contribution in [3.63, 3.8) is 0 Å². The second kappa shape index (κ2) is 4.84. The molecule has 2 aliphatic rings. The van der Waals surface area contributed by atoms with Gasteiger partial charge in [-0.1, -0.05) is 30.3 Å². The van der Waals surface area contributed by atoms with E-state index in [9.17, 15) is 9.90 Å². The zero-order valence-electron chi connectivity index (χ0n) is 11.5. The molecule has 108 valence electrons. The molecule has 2 heterocycles. The van der Waals surface area contributed by atoms with Crippen molar-refractivity contribution in [1.29, 1.82) is 0 Å². The fraction of sp³-hybridized carbons (Fsp3) is 0.533. The molecule has 0 unspecified atom stereocenters. The van der Waals surface area contributed by atoms with Gasteiger partial charge in [0.1, 0.15) is 6.10 Å². The predicted octanol–water partition coefficient (Wildman–Crippen LogP) is 1.41. The Kier molecular flexibility index (Phi) is 3.28. The highest BCUT2D eigenvalue weighted by Crippen LogP contribution is 2.39. The lowest BCUT2D eigenvalue weighted by molar-refractivity contribution is -0.305. The molecule has 5 nitrogen and oxygen atoms in total. The van der Waals surface area contributed by atoms with Crippen molar-refractivity contribution in [1.82, 2.24) is 0 Å². The molecule has 2 aliphatic heterocycles. The maximum absolute atomic E-state index is 11.8. The smallest absolute Gasteiger partial charge is 0.314 e. The number of hydrogen-bond acceptors (Lipinski definition) is 5. The maximum Gasteiger partial charge on any atom is 0.314 e. The highest BCUT2D eigenvalue weighted by molar-refractivity contribution is 5.78. The van der Waals surface area contributed by atoms with Crippen LogP contribution in [0, 0.1) is 5.41 Å². The van der Waals surface area contributed by atoms with Gasteiger partial charge in [-0.2, -0.15) is 0 Å². The van der Waals surface area contributed by atoms with Gasteiger partial charge in [0.15, 0.2) is 12.4 Å². The first-order valence-electron chi connectivity index (χ1n) is 6.71. The van der Waals surface area contributed by atoms with Gasteiger partial charge in [0.25, 0.3) is 0 Å². The standard InChI is InChI=1S/C15H18O5/c1-15(2)12(16)11-10(19-14(15)17)8-18-13(20-11)9-6-4-3-5-7-9/h3-7,10-13,16H,8H2,1-2H3/t10-,11+,12-,13+/m1/s1. The second-order valence-electron chi connectivity index (χ2n) is 5.79. The number of ether oxygens (including phenoxy) is 3. The normalized spacial score (nSPS) is 36.0. The van der Waals surface area contributed by atoms with Gasteiger partial charge in [-0.15, -0.1) is 0 Å². The van der Waals surface area contributed by atoms with E-state index in [1.54, 1.807) is 13.8 Å². The molecule has 0 aromatic heterocycles. The van der Waals surface area contributed by atoms with E-state index in [0.29, 0.717) is 0 Å². The average Bonchev–Trinajstić information content (AvgIpc) is 2.46. The van der Waals surface area contributed by atoms with E-state index < -0.39 is 36.0 Å². The third-order valence-corrected chi connectivity index (χ3v) is 3.97. The molecule has 0 radical (unpaired) electrons. The van der Waals surface area contributed by atoms with Crippen LogP contribution in [0.25, 0.3) is 0 Å². The minimum Gasteiger partial charge on any atom is -0.457 e. The van der Waals surface area contributed by atoms with Gasteiger partial charge in [-0.05, 0) is 13.8 Å². The molecule has 2 saturated heterocycles. The van der Waals surface area contributed by atoms with Crippen LogP contribution in [-0.2, 0) is 19.0 Å². The first-order chi connectivity index (χ1) is 9.50. The molecule has 20 heavy (non-hydrogen) atoms. The van der Waals surface area contributed by atoms with Crippen LogP contribution in [-0.4, -0.2) is 36.0 Å². The number of carbonyl (C=O) groups is 1.